The molecular formula is C14H18N2O2. The molecule has 0 atom stereocenters. The van der Waals surface area contributed by atoms with Crippen LogP contribution in [0, 0.1) is 12.3 Å². The summed E-state index contributed by atoms with van der Waals surface area (Å²) in [7, 11) is 1.36. The monoisotopic (exact) mass is 246 g/mol. The molecular weight excluding hydrogens is 228 g/mol. The van der Waals surface area contributed by atoms with Crippen molar-refractivity contribution in [2.24, 2.45) is 0 Å². The number of nitrogens with one attached hydrogen (secondary N) is 1. The van der Waals surface area contributed by atoms with Crippen LogP contribution in [0.3, 0.4) is 0 Å². The van der Waals surface area contributed by atoms with E-state index in [0.717, 1.165) is 31.5 Å². The van der Waals surface area contributed by atoms with E-state index in [2.05, 4.69) is 21.0 Å². The molecule has 1 heterocycles. The highest BCUT2D eigenvalue weighted by Gasteiger charge is 2.04. The number of unbranched alkanes of at least 4 members (excludes halogenated alkanes) is 2. The first-order valence-corrected chi connectivity index (χ1v) is 5.95. The second-order valence-corrected chi connectivity index (χ2v) is 3.87. The van der Waals surface area contributed by atoms with Gasteiger partial charge in [0.1, 0.15) is 0 Å². The standard InChI is InChI=1S/C14H18N2O2/c1-3-4-5-6-9-15-11-13-8-7-12(10-16-13)14(17)18-2/h1,7-8,10,15H,4-6,9,11H2,2H3. The van der Waals surface area contributed by atoms with E-state index in [-0.39, 0.29) is 5.97 Å². The molecule has 0 unspecified atom stereocenters. The van der Waals surface area contributed by atoms with Gasteiger partial charge in [-0.2, -0.15) is 0 Å². The van der Waals surface area contributed by atoms with Gasteiger partial charge in [-0.15, -0.1) is 12.3 Å². The Bertz CT molecular complexity index is 407. The van der Waals surface area contributed by atoms with Crippen LogP contribution >= 0.6 is 0 Å². The molecule has 4 heteroatoms. The van der Waals surface area contributed by atoms with E-state index in [0.29, 0.717) is 12.1 Å². The van der Waals surface area contributed by atoms with Gasteiger partial charge in [-0.3, -0.25) is 4.98 Å². The average Bonchev–Trinajstić information content (AvgIpc) is 2.42. The van der Waals surface area contributed by atoms with Gasteiger partial charge in [0.05, 0.1) is 18.4 Å². The molecule has 0 amide bonds. The van der Waals surface area contributed by atoms with Crippen molar-refractivity contribution in [2.75, 3.05) is 13.7 Å². The molecule has 0 bridgehead atoms. The zero-order chi connectivity index (χ0) is 13.2. The molecule has 0 aliphatic rings. The van der Waals surface area contributed by atoms with E-state index >= 15 is 0 Å². The maximum Gasteiger partial charge on any atom is 0.339 e. The summed E-state index contributed by atoms with van der Waals surface area (Å²) in [5, 5.41) is 3.28. The highest BCUT2D eigenvalue weighted by atomic mass is 16.5. The Labute approximate surface area is 108 Å². The number of nitrogens with zero attached hydrogens (tertiary/aromatic N) is 1. The molecule has 0 radical (unpaired) electrons. The summed E-state index contributed by atoms with van der Waals surface area (Å²) < 4.78 is 4.60. The summed E-state index contributed by atoms with van der Waals surface area (Å²) in [6.07, 6.45) is 9.62. The molecule has 18 heavy (non-hydrogen) atoms. The Morgan fingerprint density at radius 2 is 2.33 bits per heavy atom. The molecule has 0 saturated heterocycles. The molecule has 0 aliphatic carbocycles. The number of methoxy groups -OCH3 is 1. The Morgan fingerprint density at radius 1 is 1.50 bits per heavy atom. The Kier molecular flexibility index (Phi) is 6.52. The Hall–Kier alpha value is -1.86. The average molecular weight is 246 g/mol. The lowest BCUT2D eigenvalue weighted by Gasteiger charge is -2.04. The third-order valence-electron chi connectivity index (χ3n) is 2.48. The van der Waals surface area contributed by atoms with Gasteiger partial charge in [0.25, 0.3) is 0 Å². The van der Waals surface area contributed by atoms with Crippen molar-refractivity contribution in [3.05, 3.63) is 29.6 Å². The predicted molar refractivity (Wildman–Crippen MR) is 70.0 cm³/mol. The third kappa shape index (κ3) is 4.98. The van der Waals surface area contributed by atoms with E-state index < -0.39 is 0 Å². The number of terminal acetylenes is 1. The van der Waals surface area contributed by atoms with Crippen molar-refractivity contribution in [1.29, 1.82) is 0 Å². The van der Waals surface area contributed by atoms with Crippen LogP contribution in [-0.2, 0) is 11.3 Å². The zero-order valence-electron chi connectivity index (χ0n) is 10.6. The highest BCUT2D eigenvalue weighted by Crippen LogP contribution is 2.02. The van der Waals surface area contributed by atoms with Crippen LogP contribution in [0.1, 0.15) is 35.3 Å². The van der Waals surface area contributed by atoms with Gasteiger partial charge in [-0.1, -0.05) is 0 Å². The van der Waals surface area contributed by atoms with Crippen LogP contribution in [0.15, 0.2) is 18.3 Å². The van der Waals surface area contributed by atoms with Crippen LogP contribution in [0.4, 0.5) is 0 Å². The van der Waals surface area contributed by atoms with Crippen molar-refractivity contribution >= 4 is 5.97 Å². The number of ether oxygens (including phenoxy) is 1. The lowest BCUT2D eigenvalue weighted by Crippen LogP contribution is -2.15. The van der Waals surface area contributed by atoms with Crippen LogP contribution < -0.4 is 5.32 Å². The summed E-state index contributed by atoms with van der Waals surface area (Å²) in [6.45, 7) is 1.61. The normalized spacial score (nSPS) is 9.78. The first-order valence-electron chi connectivity index (χ1n) is 5.95. The minimum Gasteiger partial charge on any atom is -0.465 e. The van der Waals surface area contributed by atoms with Crippen molar-refractivity contribution < 1.29 is 9.53 Å². The number of esters is 1. The van der Waals surface area contributed by atoms with Crippen molar-refractivity contribution in [3.63, 3.8) is 0 Å². The fraction of sp³-hybridized carbons (Fsp3) is 0.429. The molecule has 1 N–H and O–H groups in total. The van der Waals surface area contributed by atoms with E-state index in [4.69, 9.17) is 6.42 Å². The van der Waals surface area contributed by atoms with E-state index in [1.165, 1.54) is 13.3 Å². The van der Waals surface area contributed by atoms with Gasteiger partial charge >= 0.3 is 5.97 Å². The number of rotatable bonds is 7. The van der Waals surface area contributed by atoms with Gasteiger partial charge in [-0.05, 0) is 31.5 Å². The molecule has 96 valence electrons. The minimum atomic E-state index is -0.365. The third-order valence-corrected chi connectivity index (χ3v) is 2.48. The van der Waals surface area contributed by atoms with Gasteiger partial charge < -0.3 is 10.1 Å². The van der Waals surface area contributed by atoms with Crippen LogP contribution in [-0.4, -0.2) is 24.6 Å². The fourth-order valence-corrected chi connectivity index (χ4v) is 1.46. The maximum atomic E-state index is 11.2. The van der Waals surface area contributed by atoms with E-state index in [9.17, 15) is 4.79 Å². The number of hydrogen-bond acceptors (Lipinski definition) is 4. The summed E-state index contributed by atoms with van der Waals surface area (Å²) in [4.78, 5) is 15.4. The van der Waals surface area contributed by atoms with Crippen molar-refractivity contribution in [3.8, 4) is 12.3 Å². The number of pyridine rings is 1. The molecule has 0 aromatic carbocycles. The first kappa shape index (κ1) is 14.2. The smallest absolute Gasteiger partial charge is 0.339 e. The summed E-state index contributed by atoms with van der Waals surface area (Å²) in [5.41, 5.74) is 1.37. The van der Waals surface area contributed by atoms with Crippen molar-refractivity contribution in [1.82, 2.24) is 10.3 Å². The number of hydrogen-bond donors (Lipinski definition) is 1. The predicted octanol–water partition coefficient (Wildman–Crippen LogP) is 1.76. The SMILES string of the molecule is C#CCCCCNCc1ccc(C(=O)OC)cn1. The van der Waals surface area contributed by atoms with Crippen molar-refractivity contribution in [2.45, 2.75) is 25.8 Å². The fourth-order valence-electron chi connectivity index (χ4n) is 1.46. The topological polar surface area (TPSA) is 51.2 Å². The van der Waals surface area contributed by atoms with Gasteiger partial charge in [-0.25, -0.2) is 4.79 Å². The first-order chi connectivity index (χ1) is 8.77. The number of carbonyl (C=O) groups excluding carboxylic acids is 1. The van der Waals surface area contributed by atoms with Crippen LogP contribution in [0.5, 0.6) is 0 Å². The van der Waals surface area contributed by atoms with E-state index in [1.807, 2.05) is 6.07 Å². The molecule has 1 aromatic rings. The summed E-state index contributed by atoms with van der Waals surface area (Å²) in [5.74, 6) is 2.25. The Morgan fingerprint density at radius 3 is 2.94 bits per heavy atom. The minimum absolute atomic E-state index is 0.365. The number of aromatic nitrogens is 1. The van der Waals surface area contributed by atoms with Crippen LogP contribution in [0.25, 0.3) is 0 Å². The van der Waals surface area contributed by atoms with Crippen LogP contribution in [0.2, 0.25) is 0 Å². The molecule has 0 aliphatic heterocycles. The quantitative estimate of drug-likeness (QED) is 0.452. The summed E-state index contributed by atoms with van der Waals surface area (Å²) in [6, 6.07) is 3.54. The molecule has 4 nitrogen and oxygen atoms in total. The lowest BCUT2D eigenvalue weighted by atomic mass is 10.2. The van der Waals surface area contributed by atoms with Gasteiger partial charge in [0.2, 0.25) is 0 Å². The second-order valence-electron chi connectivity index (χ2n) is 3.87. The van der Waals surface area contributed by atoms with E-state index in [1.54, 1.807) is 6.07 Å². The Balaban J connectivity index is 2.27. The molecule has 0 fully saturated rings. The van der Waals surface area contributed by atoms with Gasteiger partial charge in [0, 0.05) is 19.2 Å². The molecule has 1 aromatic heterocycles. The molecule has 1 rings (SSSR count). The lowest BCUT2D eigenvalue weighted by molar-refractivity contribution is 0.0600. The second kappa shape index (κ2) is 8.26. The largest absolute Gasteiger partial charge is 0.465 e. The summed E-state index contributed by atoms with van der Waals surface area (Å²) >= 11 is 0. The molecule has 0 spiro atoms. The van der Waals surface area contributed by atoms with Gasteiger partial charge in [0.15, 0.2) is 0 Å². The zero-order valence-corrected chi connectivity index (χ0v) is 10.6. The molecule has 0 saturated carbocycles. The maximum absolute atomic E-state index is 11.2. The number of carbonyl (C=O) groups is 1. The highest BCUT2D eigenvalue weighted by molar-refractivity contribution is 5.88.